The monoisotopic (exact) mass is 358 g/mol. The first-order valence-corrected chi connectivity index (χ1v) is 8.94. The number of likely N-dealkylation sites (tertiary alicyclic amines) is 1. The van der Waals surface area contributed by atoms with E-state index in [9.17, 15) is 14.4 Å². The number of anilines is 1. The Morgan fingerprint density at radius 3 is 2.50 bits per heavy atom. The molecule has 140 valence electrons. The van der Waals surface area contributed by atoms with Crippen molar-refractivity contribution in [2.75, 3.05) is 18.5 Å². The molecule has 26 heavy (non-hydrogen) atoms. The number of rotatable bonds is 6. The van der Waals surface area contributed by atoms with Crippen molar-refractivity contribution in [3.05, 3.63) is 41.5 Å². The van der Waals surface area contributed by atoms with Crippen molar-refractivity contribution >= 4 is 23.3 Å². The average molecular weight is 358 g/mol. The van der Waals surface area contributed by atoms with Gasteiger partial charge in [0, 0.05) is 42.1 Å². The number of aliphatic hydroxyl groups is 1. The molecule has 1 atom stereocenters. The highest BCUT2D eigenvalue weighted by atomic mass is 16.3. The van der Waals surface area contributed by atoms with Crippen LogP contribution in [0, 0.1) is 0 Å². The van der Waals surface area contributed by atoms with Gasteiger partial charge in [-0.15, -0.1) is 0 Å². The van der Waals surface area contributed by atoms with Crippen LogP contribution in [0.2, 0.25) is 0 Å². The lowest BCUT2D eigenvalue weighted by Gasteiger charge is -2.35. The van der Waals surface area contributed by atoms with Crippen molar-refractivity contribution in [3.8, 4) is 0 Å². The van der Waals surface area contributed by atoms with Crippen LogP contribution in [0.5, 0.6) is 0 Å². The van der Waals surface area contributed by atoms with Gasteiger partial charge in [-0.3, -0.25) is 14.4 Å². The summed E-state index contributed by atoms with van der Waals surface area (Å²) in [6.45, 7) is 3.79. The number of aliphatic hydroxyl groups excluding tert-OH is 1. The van der Waals surface area contributed by atoms with E-state index in [1.165, 1.54) is 13.0 Å². The molecule has 1 fully saturated rings. The van der Waals surface area contributed by atoms with Crippen LogP contribution >= 0.6 is 0 Å². The van der Waals surface area contributed by atoms with Gasteiger partial charge in [0.1, 0.15) is 0 Å². The van der Waals surface area contributed by atoms with E-state index in [1.807, 2.05) is 0 Å². The van der Waals surface area contributed by atoms with E-state index in [-0.39, 0.29) is 30.2 Å². The fraction of sp³-hybridized carbons (Fsp3) is 0.450. The third kappa shape index (κ3) is 5.26. The number of carbonyl (C=O) groups is 3. The van der Waals surface area contributed by atoms with E-state index in [1.54, 1.807) is 36.1 Å². The zero-order valence-electron chi connectivity index (χ0n) is 15.3. The van der Waals surface area contributed by atoms with Crippen molar-refractivity contribution in [3.63, 3.8) is 0 Å². The Hall–Kier alpha value is -2.47. The van der Waals surface area contributed by atoms with Crippen LogP contribution in [0.3, 0.4) is 0 Å². The maximum atomic E-state index is 12.5. The van der Waals surface area contributed by atoms with Crippen LogP contribution in [-0.4, -0.2) is 46.8 Å². The van der Waals surface area contributed by atoms with E-state index < -0.39 is 0 Å². The molecule has 2 rings (SSSR count). The summed E-state index contributed by atoms with van der Waals surface area (Å²) in [6, 6.07) is 6.65. The Balaban J connectivity index is 2.01. The zero-order valence-corrected chi connectivity index (χ0v) is 15.3. The molecule has 6 nitrogen and oxygen atoms in total. The van der Waals surface area contributed by atoms with Gasteiger partial charge >= 0.3 is 0 Å². The molecule has 0 aromatic heterocycles. The Bertz CT molecular complexity index is 692. The number of nitrogens with one attached hydrogen (secondary N) is 1. The topological polar surface area (TPSA) is 86.7 Å². The minimum Gasteiger partial charge on any atom is -0.396 e. The summed E-state index contributed by atoms with van der Waals surface area (Å²) in [7, 11) is 0. The van der Waals surface area contributed by atoms with Gasteiger partial charge in [-0.2, -0.15) is 0 Å². The van der Waals surface area contributed by atoms with Crippen molar-refractivity contribution < 1.29 is 19.5 Å². The SMILES string of the molecule is CC(=O)c1ccc(NC(=O)/C(C)=C\C(=O)N2CCCCC2CCO)cc1. The molecule has 1 unspecified atom stereocenters. The number of piperidine rings is 1. The average Bonchev–Trinajstić information content (AvgIpc) is 2.62. The van der Waals surface area contributed by atoms with Gasteiger partial charge in [0.15, 0.2) is 5.78 Å². The highest BCUT2D eigenvalue weighted by Gasteiger charge is 2.25. The first-order valence-electron chi connectivity index (χ1n) is 8.94. The van der Waals surface area contributed by atoms with Gasteiger partial charge in [-0.1, -0.05) is 0 Å². The van der Waals surface area contributed by atoms with Gasteiger partial charge in [0.2, 0.25) is 5.91 Å². The molecule has 1 aromatic carbocycles. The molecule has 0 spiro atoms. The smallest absolute Gasteiger partial charge is 0.251 e. The summed E-state index contributed by atoms with van der Waals surface area (Å²) in [5.41, 5.74) is 1.46. The summed E-state index contributed by atoms with van der Waals surface area (Å²) < 4.78 is 0. The first kappa shape index (κ1) is 19.8. The molecule has 1 aromatic rings. The van der Waals surface area contributed by atoms with Gasteiger partial charge in [-0.05, 0) is 63.8 Å². The third-order valence-electron chi connectivity index (χ3n) is 4.62. The number of carbonyl (C=O) groups excluding carboxylic acids is 3. The number of benzene rings is 1. The predicted molar refractivity (Wildman–Crippen MR) is 99.9 cm³/mol. The lowest BCUT2D eigenvalue weighted by molar-refractivity contribution is -0.130. The fourth-order valence-corrected chi connectivity index (χ4v) is 3.09. The molecule has 1 aliphatic heterocycles. The predicted octanol–water partition coefficient (Wildman–Crippen LogP) is 2.54. The van der Waals surface area contributed by atoms with Crippen LogP contribution in [0.25, 0.3) is 0 Å². The summed E-state index contributed by atoms with van der Waals surface area (Å²) in [6.07, 6.45) is 4.79. The van der Waals surface area contributed by atoms with Crippen molar-refractivity contribution in [1.82, 2.24) is 4.90 Å². The van der Waals surface area contributed by atoms with Crippen LogP contribution in [0.1, 0.15) is 49.9 Å². The van der Waals surface area contributed by atoms with Crippen LogP contribution in [0.15, 0.2) is 35.9 Å². The number of hydrogen-bond acceptors (Lipinski definition) is 4. The van der Waals surface area contributed by atoms with Crippen LogP contribution in [0.4, 0.5) is 5.69 Å². The van der Waals surface area contributed by atoms with Crippen molar-refractivity contribution in [1.29, 1.82) is 0 Å². The second-order valence-electron chi connectivity index (χ2n) is 6.61. The molecular weight excluding hydrogens is 332 g/mol. The quantitative estimate of drug-likeness (QED) is 0.604. The minimum absolute atomic E-state index is 0.0347. The van der Waals surface area contributed by atoms with Gasteiger partial charge in [0.05, 0.1) is 0 Å². The maximum Gasteiger partial charge on any atom is 0.251 e. The summed E-state index contributed by atoms with van der Waals surface area (Å²) in [4.78, 5) is 37.8. The molecule has 2 N–H and O–H groups in total. The summed E-state index contributed by atoms with van der Waals surface area (Å²) in [5.74, 6) is -0.587. The molecule has 6 heteroatoms. The Kier molecular flexibility index (Phi) is 7.09. The fourth-order valence-electron chi connectivity index (χ4n) is 3.09. The molecule has 0 saturated carbocycles. The van der Waals surface area contributed by atoms with Crippen molar-refractivity contribution in [2.45, 2.75) is 45.6 Å². The maximum absolute atomic E-state index is 12.5. The Morgan fingerprint density at radius 1 is 1.19 bits per heavy atom. The second kappa shape index (κ2) is 9.29. The second-order valence-corrected chi connectivity index (χ2v) is 6.61. The number of nitrogens with zero attached hydrogens (tertiary/aromatic N) is 1. The Labute approximate surface area is 153 Å². The van der Waals surface area contributed by atoms with E-state index in [2.05, 4.69) is 5.32 Å². The summed E-state index contributed by atoms with van der Waals surface area (Å²) in [5, 5.41) is 11.9. The lowest BCUT2D eigenvalue weighted by atomic mass is 9.99. The molecule has 1 saturated heterocycles. The van der Waals surface area contributed by atoms with E-state index >= 15 is 0 Å². The van der Waals surface area contributed by atoms with Gasteiger partial charge in [0.25, 0.3) is 5.91 Å². The normalized spacial score (nSPS) is 17.7. The van der Waals surface area contributed by atoms with Gasteiger partial charge < -0.3 is 15.3 Å². The third-order valence-corrected chi connectivity index (χ3v) is 4.62. The first-order chi connectivity index (χ1) is 12.4. The van der Waals surface area contributed by atoms with E-state index in [0.29, 0.717) is 29.8 Å². The summed E-state index contributed by atoms with van der Waals surface area (Å²) >= 11 is 0. The molecule has 2 amide bonds. The van der Waals surface area contributed by atoms with Gasteiger partial charge in [-0.25, -0.2) is 0 Å². The van der Waals surface area contributed by atoms with E-state index in [4.69, 9.17) is 5.11 Å². The number of ketones is 1. The van der Waals surface area contributed by atoms with Crippen molar-refractivity contribution in [2.24, 2.45) is 0 Å². The Morgan fingerprint density at radius 2 is 1.88 bits per heavy atom. The zero-order chi connectivity index (χ0) is 19.1. The number of hydrogen-bond donors (Lipinski definition) is 2. The molecule has 1 heterocycles. The minimum atomic E-state index is -0.357. The number of amides is 2. The highest BCUT2D eigenvalue weighted by Crippen LogP contribution is 2.20. The highest BCUT2D eigenvalue weighted by molar-refractivity contribution is 6.07. The van der Waals surface area contributed by atoms with Crippen LogP contribution in [-0.2, 0) is 9.59 Å². The number of Topliss-reactive ketones (excluding diaryl/α,β-unsaturated/α-hetero) is 1. The van der Waals surface area contributed by atoms with Crippen LogP contribution < -0.4 is 5.32 Å². The molecule has 0 radical (unpaired) electrons. The molecular formula is C20H26N2O4. The molecule has 0 aliphatic carbocycles. The molecule has 0 bridgehead atoms. The molecule has 1 aliphatic rings. The largest absolute Gasteiger partial charge is 0.396 e. The standard InChI is InChI=1S/C20H26N2O4/c1-14(13-19(25)22-11-4-3-5-18(22)10-12-23)20(26)21-17-8-6-16(7-9-17)15(2)24/h6-9,13,18,23H,3-5,10-12H2,1-2H3,(H,21,26)/b14-13-. The van der Waals surface area contributed by atoms with E-state index in [0.717, 1.165) is 19.3 Å². The lowest BCUT2D eigenvalue weighted by Crippen LogP contribution is -2.43.